The summed E-state index contributed by atoms with van der Waals surface area (Å²) in [5.74, 6) is 2.03. The number of benzene rings is 2. The topological polar surface area (TPSA) is 108 Å². The van der Waals surface area contributed by atoms with E-state index in [9.17, 15) is 19.5 Å². The SMILES string of the molecule is C#Cc1ccccc1C(C(=O)NCCCCC)N(CCCCCC)C(=O)C(Cc1ccc(O)cc1)NC(=O)OC(C)(C)C. The largest absolute Gasteiger partial charge is 0.508 e. The van der Waals surface area contributed by atoms with Gasteiger partial charge in [0.2, 0.25) is 11.8 Å². The van der Waals surface area contributed by atoms with Gasteiger partial charge in [-0.25, -0.2) is 4.79 Å². The highest BCUT2D eigenvalue weighted by atomic mass is 16.6. The molecule has 0 heterocycles. The molecule has 0 saturated heterocycles. The Balaban J connectivity index is 2.58. The number of hydrogen-bond acceptors (Lipinski definition) is 5. The Morgan fingerprint density at radius 3 is 2.23 bits per heavy atom. The van der Waals surface area contributed by atoms with Crippen LogP contribution in [0.4, 0.5) is 4.79 Å². The molecule has 8 heteroatoms. The van der Waals surface area contributed by atoms with E-state index in [4.69, 9.17) is 11.2 Å². The Bertz CT molecular complexity index is 1210. The van der Waals surface area contributed by atoms with Crippen molar-refractivity contribution in [1.82, 2.24) is 15.5 Å². The molecule has 43 heavy (non-hydrogen) atoms. The van der Waals surface area contributed by atoms with Crippen molar-refractivity contribution in [3.63, 3.8) is 0 Å². The number of phenols is 1. The van der Waals surface area contributed by atoms with Gasteiger partial charge in [0.1, 0.15) is 23.4 Å². The minimum atomic E-state index is -1.04. The van der Waals surface area contributed by atoms with E-state index in [1.807, 2.05) is 0 Å². The van der Waals surface area contributed by atoms with Gasteiger partial charge in [0.15, 0.2) is 0 Å². The van der Waals surface area contributed by atoms with E-state index in [1.54, 1.807) is 62.1 Å². The molecule has 0 radical (unpaired) electrons. The predicted octanol–water partition coefficient (Wildman–Crippen LogP) is 6.27. The molecule has 2 atom stereocenters. The molecule has 0 saturated carbocycles. The number of phenolic OH excluding ortho intramolecular Hbond substituents is 1. The van der Waals surface area contributed by atoms with Crippen molar-refractivity contribution in [3.05, 3.63) is 65.2 Å². The van der Waals surface area contributed by atoms with Crippen molar-refractivity contribution < 1.29 is 24.2 Å². The second kappa shape index (κ2) is 17.8. The van der Waals surface area contributed by atoms with Gasteiger partial charge in [-0.05, 0) is 62.9 Å². The average Bonchev–Trinajstić information content (AvgIpc) is 2.96. The standard InChI is InChI=1S/C35H49N3O5/c1-7-10-12-16-24-38(31(32(40)36-23-15-11-8-2)29-18-14-13-17-27(29)9-3)33(41)30(37-34(42)43-35(4,5)6)25-26-19-21-28(39)22-20-26/h3,13-14,17-22,30-31,39H,7-8,10-12,15-16,23-25H2,1-2,4-6H3,(H,36,40)(H,37,42). The lowest BCUT2D eigenvalue weighted by atomic mass is 9.96. The molecular weight excluding hydrogens is 542 g/mol. The molecule has 2 rings (SSSR count). The maximum atomic E-state index is 14.5. The fourth-order valence-corrected chi connectivity index (χ4v) is 4.79. The molecular formula is C35H49N3O5. The first-order chi connectivity index (χ1) is 20.5. The van der Waals surface area contributed by atoms with Crippen LogP contribution in [0.2, 0.25) is 0 Å². The van der Waals surface area contributed by atoms with E-state index in [0.29, 0.717) is 30.6 Å². The highest BCUT2D eigenvalue weighted by Gasteiger charge is 2.37. The number of carbonyl (C=O) groups is 3. The molecule has 0 aliphatic rings. The number of amides is 3. The summed E-state index contributed by atoms with van der Waals surface area (Å²) in [6, 6.07) is 11.6. The van der Waals surface area contributed by atoms with Gasteiger partial charge in [0.05, 0.1) is 0 Å². The van der Waals surface area contributed by atoms with E-state index in [1.165, 1.54) is 12.1 Å². The molecule has 0 aliphatic carbocycles. The third-order valence-corrected chi connectivity index (χ3v) is 6.95. The zero-order valence-corrected chi connectivity index (χ0v) is 26.4. The van der Waals surface area contributed by atoms with Gasteiger partial charge >= 0.3 is 6.09 Å². The minimum absolute atomic E-state index is 0.0926. The molecule has 2 aromatic rings. The van der Waals surface area contributed by atoms with Crippen LogP contribution in [-0.4, -0.2) is 52.6 Å². The maximum absolute atomic E-state index is 14.5. The number of unbranched alkanes of at least 4 members (excludes halogenated alkanes) is 5. The Kier molecular flexibility index (Phi) is 14.6. The van der Waals surface area contributed by atoms with Crippen molar-refractivity contribution in [2.75, 3.05) is 13.1 Å². The first kappa shape index (κ1) is 35.2. The summed E-state index contributed by atoms with van der Waals surface area (Å²) in [4.78, 5) is 43.0. The van der Waals surface area contributed by atoms with E-state index >= 15 is 0 Å². The van der Waals surface area contributed by atoms with Crippen molar-refractivity contribution in [1.29, 1.82) is 0 Å². The second-order valence-electron chi connectivity index (χ2n) is 11.8. The Morgan fingerprint density at radius 1 is 0.953 bits per heavy atom. The fourth-order valence-electron chi connectivity index (χ4n) is 4.79. The zero-order valence-electron chi connectivity index (χ0n) is 26.4. The normalized spacial score (nSPS) is 12.5. The van der Waals surface area contributed by atoms with Gasteiger partial charge in [-0.1, -0.05) is 82.2 Å². The van der Waals surface area contributed by atoms with Gasteiger partial charge in [-0.2, -0.15) is 0 Å². The summed E-state index contributed by atoms with van der Waals surface area (Å²) in [7, 11) is 0. The van der Waals surface area contributed by atoms with Crippen LogP contribution in [0, 0.1) is 12.3 Å². The van der Waals surface area contributed by atoms with Gasteiger partial charge < -0.3 is 25.4 Å². The summed E-state index contributed by atoms with van der Waals surface area (Å²) in [6.45, 7) is 10.2. The van der Waals surface area contributed by atoms with Gasteiger partial charge in [0.25, 0.3) is 0 Å². The lowest BCUT2D eigenvalue weighted by Gasteiger charge is -2.35. The summed E-state index contributed by atoms with van der Waals surface area (Å²) in [6.07, 6.45) is 11.6. The van der Waals surface area contributed by atoms with Crippen LogP contribution in [0.1, 0.15) is 102 Å². The summed E-state index contributed by atoms with van der Waals surface area (Å²) >= 11 is 0. The van der Waals surface area contributed by atoms with Crippen molar-refractivity contribution in [3.8, 4) is 18.1 Å². The maximum Gasteiger partial charge on any atom is 0.408 e. The van der Waals surface area contributed by atoms with Crippen LogP contribution in [0.3, 0.4) is 0 Å². The second-order valence-corrected chi connectivity index (χ2v) is 11.8. The summed E-state index contributed by atoms with van der Waals surface area (Å²) < 4.78 is 5.51. The number of nitrogens with one attached hydrogen (secondary N) is 2. The molecule has 0 spiro atoms. The van der Waals surface area contributed by atoms with Crippen LogP contribution < -0.4 is 10.6 Å². The lowest BCUT2D eigenvalue weighted by molar-refractivity contribution is -0.142. The number of carbonyl (C=O) groups excluding carboxylic acids is 3. The highest BCUT2D eigenvalue weighted by molar-refractivity contribution is 5.92. The van der Waals surface area contributed by atoms with Crippen molar-refractivity contribution in [2.45, 2.75) is 104 Å². The number of nitrogens with zero attached hydrogens (tertiary/aromatic N) is 1. The van der Waals surface area contributed by atoms with Crippen LogP contribution in [-0.2, 0) is 20.7 Å². The van der Waals surface area contributed by atoms with Crippen LogP contribution >= 0.6 is 0 Å². The van der Waals surface area contributed by atoms with E-state index < -0.39 is 29.7 Å². The van der Waals surface area contributed by atoms with E-state index in [-0.39, 0.29) is 18.1 Å². The molecule has 0 fully saturated rings. The number of ether oxygens (including phenoxy) is 1. The Morgan fingerprint density at radius 2 is 1.60 bits per heavy atom. The number of aromatic hydroxyl groups is 1. The number of rotatable bonds is 16. The average molecular weight is 592 g/mol. The fraction of sp³-hybridized carbons (Fsp3) is 0.514. The van der Waals surface area contributed by atoms with Gasteiger partial charge in [-0.3, -0.25) is 9.59 Å². The molecule has 0 bridgehead atoms. The first-order valence-corrected chi connectivity index (χ1v) is 15.4. The van der Waals surface area contributed by atoms with E-state index in [0.717, 1.165) is 44.1 Å². The van der Waals surface area contributed by atoms with Crippen LogP contribution in [0.15, 0.2) is 48.5 Å². The monoisotopic (exact) mass is 591 g/mol. The lowest BCUT2D eigenvalue weighted by Crippen LogP contribution is -2.54. The van der Waals surface area contributed by atoms with Gasteiger partial charge in [0, 0.05) is 25.1 Å². The third kappa shape index (κ3) is 12.0. The molecule has 0 aliphatic heterocycles. The molecule has 3 N–H and O–H groups in total. The molecule has 2 unspecified atom stereocenters. The Labute approximate surface area is 257 Å². The third-order valence-electron chi connectivity index (χ3n) is 6.95. The van der Waals surface area contributed by atoms with Crippen LogP contribution in [0.5, 0.6) is 5.75 Å². The summed E-state index contributed by atoms with van der Waals surface area (Å²) in [5.41, 5.74) is 1.03. The zero-order chi connectivity index (χ0) is 31.8. The smallest absolute Gasteiger partial charge is 0.408 e. The van der Waals surface area contributed by atoms with Crippen molar-refractivity contribution in [2.24, 2.45) is 0 Å². The molecule has 234 valence electrons. The molecule has 0 aromatic heterocycles. The molecule has 2 aromatic carbocycles. The number of alkyl carbamates (subject to hydrolysis) is 1. The van der Waals surface area contributed by atoms with E-state index in [2.05, 4.69) is 30.4 Å². The first-order valence-electron chi connectivity index (χ1n) is 15.4. The minimum Gasteiger partial charge on any atom is -0.508 e. The predicted molar refractivity (Wildman–Crippen MR) is 170 cm³/mol. The number of hydrogen-bond donors (Lipinski definition) is 3. The van der Waals surface area contributed by atoms with Crippen molar-refractivity contribution >= 4 is 17.9 Å². The summed E-state index contributed by atoms with van der Waals surface area (Å²) in [5, 5.41) is 15.6. The molecule has 8 nitrogen and oxygen atoms in total. The highest BCUT2D eigenvalue weighted by Crippen LogP contribution is 2.27. The quantitative estimate of drug-likeness (QED) is 0.158. The molecule has 3 amide bonds. The Hall–Kier alpha value is -3.99. The number of terminal acetylenes is 1. The van der Waals surface area contributed by atoms with Crippen LogP contribution in [0.25, 0.3) is 0 Å². The van der Waals surface area contributed by atoms with Gasteiger partial charge in [-0.15, -0.1) is 6.42 Å².